The largest absolute Gasteiger partial charge is 0.368 e. The van der Waals surface area contributed by atoms with Crippen LogP contribution in [0.5, 0.6) is 0 Å². The first-order chi connectivity index (χ1) is 6.24. The molecule has 1 atom stereocenters. The zero-order chi connectivity index (χ0) is 9.68. The Morgan fingerprint density at radius 3 is 2.69 bits per heavy atom. The van der Waals surface area contributed by atoms with E-state index < -0.39 is 0 Å². The molecule has 1 heterocycles. The van der Waals surface area contributed by atoms with Gasteiger partial charge in [0.05, 0.1) is 5.92 Å². The van der Waals surface area contributed by atoms with E-state index in [4.69, 9.17) is 4.84 Å². The molecule has 76 valence electrons. The fourth-order valence-electron chi connectivity index (χ4n) is 1.12. The van der Waals surface area contributed by atoms with Crippen LogP contribution >= 0.6 is 0 Å². The molecule has 1 N–H and O–H groups in total. The lowest BCUT2D eigenvalue weighted by Crippen LogP contribution is -2.44. The second kappa shape index (κ2) is 5.19. The minimum atomic E-state index is -0.107. The van der Waals surface area contributed by atoms with Crippen molar-refractivity contribution in [1.82, 2.24) is 10.4 Å². The fraction of sp³-hybridized carbons (Fsp3) is 0.889. The molecule has 1 unspecified atom stereocenters. The molecule has 0 bridgehead atoms. The highest BCUT2D eigenvalue weighted by atomic mass is 16.7. The van der Waals surface area contributed by atoms with Gasteiger partial charge in [0.2, 0.25) is 0 Å². The van der Waals surface area contributed by atoms with E-state index in [-0.39, 0.29) is 11.9 Å². The standard InChI is InChI=1S/C9H18N2O2/c1-3-8(2)9(12)13-11-6-4-10-5-7-11/h8,10H,3-7H2,1-2H3. The highest BCUT2D eigenvalue weighted by molar-refractivity contribution is 5.71. The maximum absolute atomic E-state index is 11.4. The van der Waals surface area contributed by atoms with Gasteiger partial charge in [-0.15, -0.1) is 5.06 Å². The Morgan fingerprint density at radius 2 is 2.15 bits per heavy atom. The average molecular weight is 186 g/mol. The SMILES string of the molecule is CCC(C)C(=O)ON1CCNCC1. The molecule has 0 aliphatic carbocycles. The predicted molar refractivity (Wildman–Crippen MR) is 50.0 cm³/mol. The van der Waals surface area contributed by atoms with E-state index in [0.29, 0.717) is 0 Å². The lowest BCUT2D eigenvalue weighted by molar-refractivity contribution is -0.197. The van der Waals surface area contributed by atoms with Gasteiger partial charge in [0.1, 0.15) is 0 Å². The lowest BCUT2D eigenvalue weighted by atomic mass is 10.1. The summed E-state index contributed by atoms with van der Waals surface area (Å²) in [5.41, 5.74) is 0. The molecule has 0 amide bonds. The molecule has 1 fully saturated rings. The minimum Gasteiger partial charge on any atom is -0.368 e. The van der Waals surface area contributed by atoms with Crippen LogP contribution < -0.4 is 5.32 Å². The summed E-state index contributed by atoms with van der Waals surface area (Å²) in [6, 6.07) is 0. The molecule has 0 saturated carbocycles. The van der Waals surface area contributed by atoms with Gasteiger partial charge in [0, 0.05) is 26.2 Å². The normalized spacial score (nSPS) is 21.1. The highest BCUT2D eigenvalue weighted by Crippen LogP contribution is 2.05. The van der Waals surface area contributed by atoms with Crippen molar-refractivity contribution in [3.63, 3.8) is 0 Å². The second-order valence-corrected chi connectivity index (χ2v) is 3.40. The van der Waals surface area contributed by atoms with Gasteiger partial charge in [0.25, 0.3) is 0 Å². The van der Waals surface area contributed by atoms with Crippen LogP contribution in [0, 0.1) is 5.92 Å². The van der Waals surface area contributed by atoms with Crippen molar-refractivity contribution in [2.24, 2.45) is 5.92 Å². The van der Waals surface area contributed by atoms with Gasteiger partial charge in [-0.1, -0.05) is 13.8 Å². The van der Waals surface area contributed by atoms with E-state index in [0.717, 1.165) is 32.6 Å². The van der Waals surface area contributed by atoms with Crippen LogP contribution in [0.4, 0.5) is 0 Å². The quantitative estimate of drug-likeness (QED) is 0.692. The van der Waals surface area contributed by atoms with Crippen LogP contribution in [0.25, 0.3) is 0 Å². The maximum Gasteiger partial charge on any atom is 0.327 e. The Kier molecular flexibility index (Phi) is 4.18. The van der Waals surface area contributed by atoms with E-state index >= 15 is 0 Å². The summed E-state index contributed by atoms with van der Waals surface area (Å²) in [6.07, 6.45) is 0.838. The van der Waals surface area contributed by atoms with Crippen LogP contribution in [0.3, 0.4) is 0 Å². The third kappa shape index (κ3) is 3.32. The van der Waals surface area contributed by atoms with E-state index in [9.17, 15) is 4.79 Å². The van der Waals surface area contributed by atoms with Crippen LogP contribution in [0.1, 0.15) is 20.3 Å². The monoisotopic (exact) mass is 186 g/mol. The summed E-state index contributed by atoms with van der Waals surface area (Å²) in [6.45, 7) is 7.26. The first kappa shape index (κ1) is 10.5. The molecule has 0 aromatic rings. The van der Waals surface area contributed by atoms with Crippen molar-refractivity contribution in [1.29, 1.82) is 0 Å². The number of carbonyl (C=O) groups excluding carboxylic acids is 1. The Morgan fingerprint density at radius 1 is 1.54 bits per heavy atom. The van der Waals surface area contributed by atoms with Gasteiger partial charge >= 0.3 is 5.97 Å². The number of nitrogens with one attached hydrogen (secondary N) is 1. The highest BCUT2D eigenvalue weighted by Gasteiger charge is 2.18. The Balaban J connectivity index is 2.26. The van der Waals surface area contributed by atoms with Crippen molar-refractivity contribution >= 4 is 5.97 Å². The number of piperazine rings is 1. The third-order valence-electron chi connectivity index (χ3n) is 2.31. The van der Waals surface area contributed by atoms with Gasteiger partial charge in [-0.05, 0) is 6.42 Å². The van der Waals surface area contributed by atoms with Crippen molar-refractivity contribution in [3.8, 4) is 0 Å². The van der Waals surface area contributed by atoms with E-state index in [1.807, 2.05) is 13.8 Å². The smallest absolute Gasteiger partial charge is 0.327 e. The third-order valence-corrected chi connectivity index (χ3v) is 2.31. The second-order valence-electron chi connectivity index (χ2n) is 3.40. The molecular formula is C9H18N2O2. The summed E-state index contributed by atoms with van der Waals surface area (Å²) in [4.78, 5) is 16.6. The Bertz CT molecular complexity index is 167. The van der Waals surface area contributed by atoms with Crippen molar-refractivity contribution in [2.45, 2.75) is 20.3 Å². The maximum atomic E-state index is 11.4. The summed E-state index contributed by atoms with van der Waals surface area (Å²) in [7, 11) is 0. The molecular weight excluding hydrogens is 168 g/mol. The fourth-order valence-corrected chi connectivity index (χ4v) is 1.12. The summed E-state index contributed by atoms with van der Waals surface area (Å²) in [5, 5.41) is 4.94. The van der Waals surface area contributed by atoms with Gasteiger partial charge in [-0.3, -0.25) is 4.79 Å². The molecule has 0 aromatic carbocycles. The number of rotatable bonds is 3. The minimum absolute atomic E-state index is 0.00915. The summed E-state index contributed by atoms with van der Waals surface area (Å²) >= 11 is 0. The van der Waals surface area contributed by atoms with Gasteiger partial charge < -0.3 is 10.2 Å². The molecule has 1 saturated heterocycles. The van der Waals surface area contributed by atoms with Crippen molar-refractivity contribution in [3.05, 3.63) is 0 Å². The summed E-state index contributed by atoms with van der Waals surface area (Å²) < 4.78 is 0. The Hall–Kier alpha value is -0.610. The summed E-state index contributed by atoms with van der Waals surface area (Å²) in [5.74, 6) is -0.0979. The molecule has 4 nitrogen and oxygen atoms in total. The number of nitrogens with zero attached hydrogens (tertiary/aromatic N) is 1. The Labute approximate surface area is 79.2 Å². The zero-order valence-corrected chi connectivity index (χ0v) is 8.38. The van der Waals surface area contributed by atoms with Gasteiger partial charge in [-0.2, -0.15) is 0 Å². The molecule has 1 aliphatic rings. The molecule has 0 aromatic heterocycles. The molecule has 1 rings (SSSR count). The van der Waals surface area contributed by atoms with Crippen LogP contribution in [-0.4, -0.2) is 37.2 Å². The van der Waals surface area contributed by atoms with Crippen molar-refractivity contribution < 1.29 is 9.63 Å². The first-order valence-corrected chi connectivity index (χ1v) is 4.91. The van der Waals surface area contributed by atoms with Crippen LogP contribution in [-0.2, 0) is 9.63 Å². The van der Waals surface area contributed by atoms with Gasteiger partial charge in [-0.25, -0.2) is 0 Å². The molecule has 0 radical (unpaired) electrons. The van der Waals surface area contributed by atoms with E-state index in [2.05, 4.69) is 5.32 Å². The lowest BCUT2D eigenvalue weighted by Gasteiger charge is -2.26. The zero-order valence-electron chi connectivity index (χ0n) is 8.38. The van der Waals surface area contributed by atoms with Crippen LogP contribution in [0.15, 0.2) is 0 Å². The molecule has 13 heavy (non-hydrogen) atoms. The molecule has 4 heteroatoms. The number of hydroxylamine groups is 2. The number of hydrogen-bond acceptors (Lipinski definition) is 4. The van der Waals surface area contributed by atoms with E-state index in [1.165, 1.54) is 0 Å². The molecule has 1 aliphatic heterocycles. The first-order valence-electron chi connectivity index (χ1n) is 4.91. The van der Waals surface area contributed by atoms with Crippen LogP contribution in [0.2, 0.25) is 0 Å². The van der Waals surface area contributed by atoms with Crippen molar-refractivity contribution in [2.75, 3.05) is 26.2 Å². The number of carbonyl (C=O) groups is 1. The van der Waals surface area contributed by atoms with E-state index in [1.54, 1.807) is 5.06 Å². The van der Waals surface area contributed by atoms with Gasteiger partial charge in [0.15, 0.2) is 0 Å². The molecule has 0 spiro atoms. The average Bonchev–Trinajstić information content (AvgIpc) is 2.18. The topological polar surface area (TPSA) is 41.6 Å². The number of hydrogen-bond donors (Lipinski definition) is 1. The predicted octanol–water partition coefficient (Wildman–Crippen LogP) is 0.396.